The molecule has 3 nitrogen and oxygen atoms in total. The average molecular weight is 165 g/mol. The summed E-state index contributed by atoms with van der Waals surface area (Å²) in [6.45, 7) is 0. The largest absolute Gasteiger partial charge is 0.550 e. The monoisotopic (exact) mass is 164 g/mol. The Kier molecular flexibility index (Phi) is 3.68. The van der Waals surface area contributed by atoms with Crippen LogP contribution in [0.25, 0.3) is 0 Å². The van der Waals surface area contributed by atoms with Gasteiger partial charge in [0.1, 0.15) is 0 Å². The van der Waals surface area contributed by atoms with Crippen molar-refractivity contribution in [2.45, 2.75) is 25.3 Å². The molecule has 0 spiro atoms. The summed E-state index contributed by atoms with van der Waals surface area (Å²) >= 11 is 0. The minimum Gasteiger partial charge on any atom is -0.550 e. The lowest BCUT2D eigenvalue weighted by Gasteiger charge is -2.14. The van der Waals surface area contributed by atoms with Crippen molar-refractivity contribution in [3.8, 4) is 0 Å². The average Bonchev–Trinajstić information content (AvgIpc) is 2.13. The Balaban J connectivity index is 0.000000810. The second-order valence-corrected chi connectivity index (χ2v) is 2.52. The molecule has 2 atom stereocenters. The van der Waals surface area contributed by atoms with E-state index in [1.807, 2.05) is 0 Å². The summed E-state index contributed by atoms with van der Waals surface area (Å²) in [5, 5.41) is 10.2. The molecule has 0 aliphatic heterocycles. The van der Waals surface area contributed by atoms with Crippen LogP contribution in [0.2, 0.25) is 0 Å². The minimum atomic E-state index is -0.986. The fraction of sp³-hybridized carbons (Fsp3) is 0.833. The molecule has 1 saturated carbocycles. The Bertz CT molecular complexity index is 129. The molecule has 10 heavy (non-hydrogen) atoms. The van der Waals surface area contributed by atoms with Gasteiger partial charge in [0.2, 0.25) is 0 Å². The zero-order chi connectivity index (χ0) is 6.85. The van der Waals surface area contributed by atoms with Crippen molar-refractivity contribution in [2.75, 3.05) is 0 Å². The summed E-state index contributed by atoms with van der Waals surface area (Å²) in [5.74, 6) is -1.37. The molecule has 1 aliphatic carbocycles. The maximum Gasteiger partial charge on any atom is 0.0460 e. The highest BCUT2D eigenvalue weighted by molar-refractivity contribution is 5.85. The van der Waals surface area contributed by atoms with Crippen LogP contribution in [-0.2, 0) is 4.79 Å². The maximum absolute atomic E-state index is 10.2. The molecule has 2 N–H and O–H groups in total. The second-order valence-electron chi connectivity index (χ2n) is 2.52. The number of carbonyl (C=O) groups is 1. The number of halogens is 1. The summed E-state index contributed by atoms with van der Waals surface area (Å²) in [6, 6.07) is -0.157. The predicted octanol–water partition coefficient (Wildman–Crippen LogP) is -0.715. The number of carboxylic acids is 1. The van der Waals surface area contributed by atoms with E-state index in [0.717, 1.165) is 12.8 Å². The van der Waals surface area contributed by atoms with Crippen LogP contribution in [0.15, 0.2) is 0 Å². The van der Waals surface area contributed by atoms with Crippen molar-refractivity contribution in [3.05, 3.63) is 0 Å². The van der Waals surface area contributed by atoms with Crippen LogP contribution < -0.4 is 10.8 Å². The zero-order valence-electron chi connectivity index (χ0n) is 5.58. The van der Waals surface area contributed by atoms with Gasteiger partial charge in [-0.15, -0.1) is 12.4 Å². The maximum atomic E-state index is 10.2. The Morgan fingerprint density at radius 2 is 2.10 bits per heavy atom. The quantitative estimate of drug-likeness (QED) is 0.557. The van der Waals surface area contributed by atoms with Gasteiger partial charge < -0.3 is 15.6 Å². The molecule has 0 unspecified atom stereocenters. The molecule has 0 amide bonds. The molecule has 4 heteroatoms. The molecule has 0 heterocycles. The summed E-state index contributed by atoms with van der Waals surface area (Å²) in [6.07, 6.45) is 2.46. The zero-order valence-corrected chi connectivity index (χ0v) is 6.39. The highest BCUT2D eigenvalue weighted by Crippen LogP contribution is 2.22. The lowest BCUT2D eigenvalue weighted by Crippen LogP contribution is -2.39. The summed E-state index contributed by atoms with van der Waals surface area (Å²) in [7, 11) is 0. The van der Waals surface area contributed by atoms with Gasteiger partial charge in [0.25, 0.3) is 0 Å². The topological polar surface area (TPSA) is 66.2 Å². The van der Waals surface area contributed by atoms with Gasteiger partial charge in [0, 0.05) is 17.9 Å². The predicted molar refractivity (Wildman–Crippen MR) is 37.6 cm³/mol. The van der Waals surface area contributed by atoms with Gasteiger partial charge in [0.05, 0.1) is 0 Å². The summed E-state index contributed by atoms with van der Waals surface area (Å²) in [5.41, 5.74) is 5.46. The number of carbonyl (C=O) groups excluding carboxylic acids is 1. The van der Waals surface area contributed by atoms with Gasteiger partial charge in [-0.25, -0.2) is 0 Å². The molecule has 0 aromatic rings. The van der Waals surface area contributed by atoms with E-state index >= 15 is 0 Å². The van der Waals surface area contributed by atoms with E-state index in [-0.39, 0.29) is 24.4 Å². The highest BCUT2D eigenvalue weighted by atomic mass is 35.5. The van der Waals surface area contributed by atoms with Crippen molar-refractivity contribution in [2.24, 2.45) is 11.7 Å². The van der Waals surface area contributed by atoms with Crippen LogP contribution >= 0.6 is 12.4 Å². The first-order chi connectivity index (χ1) is 4.22. The molecule has 0 aromatic carbocycles. The van der Waals surface area contributed by atoms with Gasteiger partial charge in [0.15, 0.2) is 0 Å². The fourth-order valence-corrected chi connectivity index (χ4v) is 1.28. The number of nitrogens with two attached hydrogens (primary N) is 1. The molecule has 0 aromatic heterocycles. The SMILES string of the molecule is Cl.N[C@H]1CCC[C@H]1C(=O)[O-]. The third kappa shape index (κ3) is 1.85. The molecule has 60 valence electrons. The van der Waals surface area contributed by atoms with Crippen molar-refractivity contribution in [1.82, 2.24) is 0 Å². The van der Waals surface area contributed by atoms with Crippen LogP contribution in [0.5, 0.6) is 0 Å². The van der Waals surface area contributed by atoms with E-state index in [2.05, 4.69) is 0 Å². The Hall–Kier alpha value is -0.280. The van der Waals surface area contributed by atoms with Gasteiger partial charge in [-0.2, -0.15) is 0 Å². The molecular formula is C6H11ClNO2-. The van der Waals surface area contributed by atoms with E-state index in [1.165, 1.54) is 0 Å². The van der Waals surface area contributed by atoms with Crippen LogP contribution in [-0.4, -0.2) is 12.0 Å². The number of aliphatic carboxylic acids is 1. The first-order valence-electron chi connectivity index (χ1n) is 3.18. The smallest absolute Gasteiger partial charge is 0.0460 e. The third-order valence-electron chi connectivity index (χ3n) is 1.87. The lowest BCUT2D eigenvalue weighted by molar-refractivity contribution is -0.311. The lowest BCUT2D eigenvalue weighted by atomic mass is 10.1. The second kappa shape index (κ2) is 3.78. The van der Waals surface area contributed by atoms with Crippen LogP contribution in [0.1, 0.15) is 19.3 Å². The molecule has 1 fully saturated rings. The molecule has 0 radical (unpaired) electrons. The van der Waals surface area contributed by atoms with E-state index in [0.29, 0.717) is 6.42 Å². The number of carboxylic acid groups (broad SMARTS) is 1. The third-order valence-corrected chi connectivity index (χ3v) is 1.87. The van der Waals surface area contributed by atoms with Gasteiger partial charge in [-0.05, 0) is 12.8 Å². The number of hydrogen-bond acceptors (Lipinski definition) is 3. The Morgan fingerprint density at radius 1 is 1.50 bits per heavy atom. The number of rotatable bonds is 1. The van der Waals surface area contributed by atoms with E-state index < -0.39 is 5.97 Å². The normalized spacial score (nSPS) is 31.3. The summed E-state index contributed by atoms with van der Waals surface area (Å²) in [4.78, 5) is 10.2. The Morgan fingerprint density at radius 3 is 2.30 bits per heavy atom. The fourth-order valence-electron chi connectivity index (χ4n) is 1.28. The van der Waals surface area contributed by atoms with E-state index in [1.54, 1.807) is 0 Å². The van der Waals surface area contributed by atoms with Crippen LogP contribution in [0, 0.1) is 5.92 Å². The van der Waals surface area contributed by atoms with Gasteiger partial charge in [-0.1, -0.05) is 6.42 Å². The Labute approximate surface area is 66.0 Å². The van der Waals surface area contributed by atoms with Crippen molar-refractivity contribution in [1.29, 1.82) is 0 Å². The molecular weight excluding hydrogens is 154 g/mol. The van der Waals surface area contributed by atoms with Crippen LogP contribution in [0.3, 0.4) is 0 Å². The van der Waals surface area contributed by atoms with E-state index in [9.17, 15) is 9.90 Å². The molecule has 1 rings (SSSR count). The van der Waals surface area contributed by atoms with Gasteiger partial charge >= 0.3 is 0 Å². The van der Waals surface area contributed by atoms with E-state index in [4.69, 9.17) is 5.73 Å². The standard InChI is InChI=1S/C6H11NO2.ClH/c7-5-3-1-2-4(5)6(8)9;/h4-5H,1-3,7H2,(H,8,9);1H/p-1/t4-,5+;/m1./s1. The highest BCUT2D eigenvalue weighted by Gasteiger charge is 2.24. The van der Waals surface area contributed by atoms with Crippen molar-refractivity contribution < 1.29 is 9.90 Å². The minimum absolute atomic E-state index is 0. The summed E-state index contributed by atoms with van der Waals surface area (Å²) < 4.78 is 0. The first kappa shape index (κ1) is 9.72. The van der Waals surface area contributed by atoms with Crippen molar-refractivity contribution in [3.63, 3.8) is 0 Å². The molecule has 0 bridgehead atoms. The molecule has 0 saturated heterocycles. The first-order valence-corrected chi connectivity index (χ1v) is 3.18. The van der Waals surface area contributed by atoms with Gasteiger partial charge in [-0.3, -0.25) is 0 Å². The van der Waals surface area contributed by atoms with Crippen molar-refractivity contribution >= 4 is 18.4 Å². The number of hydrogen-bond donors (Lipinski definition) is 1. The molecule has 1 aliphatic rings. The van der Waals surface area contributed by atoms with Crippen LogP contribution in [0.4, 0.5) is 0 Å².